The highest BCUT2D eigenvalue weighted by atomic mass is 16.5. The lowest BCUT2D eigenvalue weighted by atomic mass is 9.99. The van der Waals surface area contributed by atoms with Crippen LogP contribution in [-0.2, 0) is 9.47 Å². The molecule has 0 aliphatic rings. The Morgan fingerprint density at radius 3 is 2.60 bits per heavy atom. The number of hydrogen-bond donors (Lipinski definition) is 1. The van der Waals surface area contributed by atoms with Gasteiger partial charge in [0, 0.05) is 12.6 Å². The summed E-state index contributed by atoms with van der Waals surface area (Å²) < 4.78 is 11.5. The fourth-order valence-corrected chi connectivity index (χ4v) is 2.11. The third kappa shape index (κ3) is 6.04. The normalized spacial score (nSPS) is 14.2. The molecule has 0 bridgehead atoms. The first-order valence-electron chi connectivity index (χ1n) is 7.70. The first-order valence-corrected chi connectivity index (χ1v) is 7.70. The van der Waals surface area contributed by atoms with Crippen LogP contribution in [0.2, 0.25) is 0 Å². The van der Waals surface area contributed by atoms with Crippen molar-refractivity contribution in [1.29, 1.82) is 0 Å². The quantitative estimate of drug-likeness (QED) is 0.665. The molecule has 3 heteroatoms. The van der Waals surface area contributed by atoms with Gasteiger partial charge in [-0.2, -0.15) is 0 Å². The van der Waals surface area contributed by atoms with E-state index in [4.69, 9.17) is 15.2 Å². The average molecular weight is 279 g/mol. The number of benzene rings is 1. The van der Waals surface area contributed by atoms with Gasteiger partial charge in [0.05, 0.1) is 19.3 Å². The van der Waals surface area contributed by atoms with E-state index in [9.17, 15) is 0 Å². The fourth-order valence-electron chi connectivity index (χ4n) is 2.11. The number of nitrogens with two attached hydrogens (primary N) is 1. The molecule has 3 nitrogen and oxygen atoms in total. The summed E-state index contributed by atoms with van der Waals surface area (Å²) in [6.07, 6.45) is 3.12. The van der Waals surface area contributed by atoms with Crippen LogP contribution in [0.15, 0.2) is 24.3 Å². The van der Waals surface area contributed by atoms with Gasteiger partial charge >= 0.3 is 0 Å². The molecule has 0 radical (unpaired) electrons. The second-order valence-electron chi connectivity index (χ2n) is 5.24. The van der Waals surface area contributed by atoms with Crippen molar-refractivity contribution in [2.24, 2.45) is 5.73 Å². The molecule has 1 aromatic rings. The van der Waals surface area contributed by atoms with E-state index in [1.54, 1.807) is 0 Å². The standard InChI is InChI=1S/C17H29NO2/c1-4-6-10-19-11-12-20-17(16(18)5-2)15-9-7-8-14(3)13-15/h7-9,13,16-17H,4-6,10-12,18H2,1-3H3. The molecule has 2 atom stereocenters. The van der Waals surface area contributed by atoms with E-state index in [-0.39, 0.29) is 12.1 Å². The lowest BCUT2D eigenvalue weighted by Crippen LogP contribution is -2.30. The summed E-state index contributed by atoms with van der Waals surface area (Å²) in [7, 11) is 0. The zero-order valence-corrected chi connectivity index (χ0v) is 13.1. The lowest BCUT2D eigenvalue weighted by molar-refractivity contribution is -0.00822. The molecule has 2 N–H and O–H groups in total. The summed E-state index contributed by atoms with van der Waals surface area (Å²) in [5.41, 5.74) is 8.59. The molecule has 2 unspecified atom stereocenters. The van der Waals surface area contributed by atoms with Crippen LogP contribution in [0.1, 0.15) is 50.3 Å². The summed E-state index contributed by atoms with van der Waals surface area (Å²) in [4.78, 5) is 0. The third-order valence-electron chi connectivity index (χ3n) is 3.40. The van der Waals surface area contributed by atoms with Gasteiger partial charge in [0.1, 0.15) is 0 Å². The maximum Gasteiger partial charge on any atom is 0.0976 e. The Morgan fingerprint density at radius 2 is 1.95 bits per heavy atom. The smallest absolute Gasteiger partial charge is 0.0976 e. The maximum atomic E-state index is 6.20. The van der Waals surface area contributed by atoms with Crippen molar-refractivity contribution >= 4 is 0 Å². The van der Waals surface area contributed by atoms with Gasteiger partial charge in [-0.1, -0.05) is 50.1 Å². The van der Waals surface area contributed by atoms with E-state index in [0.717, 1.165) is 31.4 Å². The molecular formula is C17H29NO2. The minimum absolute atomic E-state index is 0.0208. The molecule has 20 heavy (non-hydrogen) atoms. The fraction of sp³-hybridized carbons (Fsp3) is 0.647. The molecule has 0 saturated heterocycles. The first-order chi connectivity index (χ1) is 9.69. The van der Waals surface area contributed by atoms with Gasteiger partial charge in [0.15, 0.2) is 0 Å². The predicted octanol–water partition coefficient (Wildman–Crippen LogP) is 3.61. The third-order valence-corrected chi connectivity index (χ3v) is 3.40. The summed E-state index contributed by atoms with van der Waals surface area (Å²) in [6, 6.07) is 8.41. The average Bonchev–Trinajstić information content (AvgIpc) is 2.46. The van der Waals surface area contributed by atoms with Gasteiger partial charge < -0.3 is 15.2 Å². The van der Waals surface area contributed by atoms with Gasteiger partial charge in [-0.25, -0.2) is 0 Å². The van der Waals surface area contributed by atoms with Crippen LogP contribution < -0.4 is 5.73 Å². The molecule has 0 saturated carbocycles. The molecule has 0 spiro atoms. The van der Waals surface area contributed by atoms with E-state index in [1.807, 2.05) is 0 Å². The zero-order valence-electron chi connectivity index (χ0n) is 13.1. The number of rotatable bonds is 10. The van der Waals surface area contributed by atoms with Crippen molar-refractivity contribution in [2.75, 3.05) is 19.8 Å². The molecule has 114 valence electrons. The Hall–Kier alpha value is -0.900. The molecule has 0 fully saturated rings. The number of ether oxygens (including phenoxy) is 2. The Labute approximate surface area is 123 Å². The highest BCUT2D eigenvalue weighted by molar-refractivity contribution is 5.25. The maximum absolute atomic E-state index is 6.20. The van der Waals surface area contributed by atoms with Crippen LogP contribution >= 0.6 is 0 Å². The first kappa shape index (κ1) is 17.2. The van der Waals surface area contributed by atoms with Gasteiger partial charge in [-0.05, 0) is 25.3 Å². The summed E-state index contributed by atoms with van der Waals surface area (Å²) in [6.45, 7) is 8.39. The van der Waals surface area contributed by atoms with Crippen molar-refractivity contribution in [1.82, 2.24) is 0 Å². The number of unbranched alkanes of at least 4 members (excludes halogenated alkanes) is 1. The van der Waals surface area contributed by atoms with Gasteiger partial charge in [-0.3, -0.25) is 0 Å². The van der Waals surface area contributed by atoms with Crippen molar-refractivity contribution in [2.45, 2.75) is 52.2 Å². The zero-order chi connectivity index (χ0) is 14.8. The van der Waals surface area contributed by atoms with E-state index in [0.29, 0.717) is 13.2 Å². The summed E-state index contributed by atoms with van der Waals surface area (Å²) in [5, 5.41) is 0. The SMILES string of the molecule is CCCCOCCOC(c1cccc(C)c1)C(N)CC. The molecule has 0 amide bonds. The second-order valence-corrected chi connectivity index (χ2v) is 5.24. The topological polar surface area (TPSA) is 44.5 Å². The van der Waals surface area contributed by atoms with E-state index < -0.39 is 0 Å². The van der Waals surface area contributed by atoms with Crippen LogP contribution in [0.25, 0.3) is 0 Å². The molecule has 0 aromatic heterocycles. The van der Waals surface area contributed by atoms with Crippen LogP contribution in [-0.4, -0.2) is 25.9 Å². The summed E-state index contributed by atoms with van der Waals surface area (Å²) in [5.74, 6) is 0. The Bertz CT molecular complexity index is 368. The minimum atomic E-state index is -0.0466. The van der Waals surface area contributed by atoms with Gasteiger partial charge in [0.2, 0.25) is 0 Å². The highest BCUT2D eigenvalue weighted by Crippen LogP contribution is 2.22. The van der Waals surface area contributed by atoms with E-state index in [1.165, 1.54) is 5.56 Å². The molecule has 1 rings (SSSR count). The van der Waals surface area contributed by atoms with Crippen molar-refractivity contribution < 1.29 is 9.47 Å². The largest absolute Gasteiger partial charge is 0.379 e. The number of aryl methyl sites for hydroxylation is 1. The molecule has 1 aromatic carbocycles. The lowest BCUT2D eigenvalue weighted by Gasteiger charge is -2.24. The van der Waals surface area contributed by atoms with E-state index >= 15 is 0 Å². The van der Waals surface area contributed by atoms with Gasteiger partial charge in [0.25, 0.3) is 0 Å². The van der Waals surface area contributed by atoms with Crippen molar-refractivity contribution in [3.05, 3.63) is 35.4 Å². The van der Waals surface area contributed by atoms with Gasteiger partial charge in [-0.15, -0.1) is 0 Å². The minimum Gasteiger partial charge on any atom is -0.379 e. The predicted molar refractivity (Wildman–Crippen MR) is 83.9 cm³/mol. The highest BCUT2D eigenvalue weighted by Gasteiger charge is 2.19. The Kier molecular flexibility index (Phi) is 8.51. The van der Waals surface area contributed by atoms with Crippen molar-refractivity contribution in [3.63, 3.8) is 0 Å². The summed E-state index contributed by atoms with van der Waals surface area (Å²) >= 11 is 0. The number of hydrogen-bond acceptors (Lipinski definition) is 3. The van der Waals surface area contributed by atoms with E-state index in [2.05, 4.69) is 45.0 Å². The Morgan fingerprint density at radius 1 is 1.15 bits per heavy atom. The molecule has 0 heterocycles. The Balaban J connectivity index is 2.49. The monoisotopic (exact) mass is 279 g/mol. The van der Waals surface area contributed by atoms with Crippen LogP contribution in [0.3, 0.4) is 0 Å². The molecule has 0 aliphatic heterocycles. The van der Waals surface area contributed by atoms with Crippen LogP contribution in [0.5, 0.6) is 0 Å². The van der Waals surface area contributed by atoms with Crippen LogP contribution in [0, 0.1) is 6.92 Å². The molecular weight excluding hydrogens is 250 g/mol. The second kappa shape index (κ2) is 9.92. The molecule has 0 aliphatic carbocycles. The van der Waals surface area contributed by atoms with Crippen molar-refractivity contribution in [3.8, 4) is 0 Å². The van der Waals surface area contributed by atoms with Crippen LogP contribution in [0.4, 0.5) is 0 Å².